The zero-order valence-electron chi connectivity index (χ0n) is 12.7. The first kappa shape index (κ1) is 17.5. The Morgan fingerprint density at radius 1 is 1.09 bits per heavy atom. The van der Waals surface area contributed by atoms with E-state index in [1.807, 2.05) is 0 Å². The number of hydrogen-bond donors (Lipinski definition) is 2. The van der Waals surface area contributed by atoms with Gasteiger partial charge in [-0.25, -0.2) is 0 Å². The van der Waals surface area contributed by atoms with Gasteiger partial charge in [0.1, 0.15) is 6.29 Å². The monoisotopic (exact) mass is 308 g/mol. The first-order valence-electron chi connectivity index (χ1n) is 6.98. The summed E-state index contributed by atoms with van der Waals surface area (Å²) in [6.07, 6.45) is 0.700. The quantitative estimate of drug-likeness (QED) is 0.649. The molecule has 7 nitrogen and oxygen atoms in total. The molecule has 0 atom stereocenters. The number of ether oxygens (including phenoxy) is 2. The summed E-state index contributed by atoms with van der Waals surface area (Å²) in [6.45, 7) is 4.16. The van der Waals surface area contributed by atoms with Crippen molar-refractivity contribution in [2.75, 3.05) is 26.3 Å². The summed E-state index contributed by atoms with van der Waals surface area (Å²) in [7, 11) is 0. The zero-order valence-corrected chi connectivity index (χ0v) is 12.7. The molecule has 7 heteroatoms. The summed E-state index contributed by atoms with van der Waals surface area (Å²) in [4.78, 5) is 33.6. The van der Waals surface area contributed by atoms with Crippen molar-refractivity contribution in [2.45, 2.75) is 13.8 Å². The molecular weight excluding hydrogens is 288 g/mol. The van der Waals surface area contributed by atoms with Crippen LogP contribution in [-0.4, -0.2) is 44.4 Å². The van der Waals surface area contributed by atoms with Gasteiger partial charge in [0.25, 0.3) is 5.91 Å². The lowest BCUT2D eigenvalue weighted by Crippen LogP contribution is -2.38. The van der Waals surface area contributed by atoms with Crippen LogP contribution >= 0.6 is 0 Å². The molecule has 0 saturated heterocycles. The maximum Gasteiger partial charge on any atom is 0.258 e. The number of hydrogen-bond acceptors (Lipinski definition) is 5. The van der Waals surface area contributed by atoms with E-state index >= 15 is 0 Å². The van der Waals surface area contributed by atoms with Crippen molar-refractivity contribution in [3.8, 4) is 11.5 Å². The number of nitrogens with one attached hydrogen (secondary N) is 2. The summed E-state index contributed by atoms with van der Waals surface area (Å²) >= 11 is 0. The molecule has 2 N–H and O–H groups in total. The third kappa shape index (κ3) is 5.82. The molecule has 0 aliphatic rings. The molecular formula is C15H20N2O5. The van der Waals surface area contributed by atoms with Gasteiger partial charge in [-0.15, -0.1) is 0 Å². The second-order valence-corrected chi connectivity index (χ2v) is 4.28. The Balaban J connectivity index is 2.54. The fourth-order valence-electron chi connectivity index (χ4n) is 1.62. The van der Waals surface area contributed by atoms with Gasteiger partial charge in [0, 0.05) is 12.1 Å². The number of carbonyl (C=O) groups excluding carboxylic acids is 3. The third-order valence-electron chi connectivity index (χ3n) is 2.58. The Hall–Kier alpha value is -2.57. The van der Waals surface area contributed by atoms with Crippen LogP contribution < -0.4 is 20.1 Å². The molecule has 1 aromatic carbocycles. The SMILES string of the molecule is CCNC(=O)CNC(=O)COc1ccc(C=O)cc1OCC. The van der Waals surface area contributed by atoms with Gasteiger partial charge in [0.2, 0.25) is 5.91 Å². The Morgan fingerprint density at radius 3 is 2.50 bits per heavy atom. The molecule has 2 amide bonds. The highest BCUT2D eigenvalue weighted by molar-refractivity contribution is 5.85. The van der Waals surface area contributed by atoms with Crippen LogP contribution in [0.2, 0.25) is 0 Å². The first-order chi connectivity index (χ1) is 10.6. The molecule has 1 aromatic rings. The standard InChI is InChI=1S/C15H20N2O5/c1-3-16-14(19)8-17-15(20)10-22-12-6-5-11(9-18)7-13(12)21-4-2/h5-7,9H,3-4,8,10H2,1-2H3,(H,16,19)(H,17,20). The van der Waals surface area contributed by atoms with E-state index < -0.39 is 5.91 Å². The molecule has 0 aromatic heterocycles. The summed E-state index contributed by atoms with van der Waals surface area (Å²) in [6, 6.07) is 4.67. The van der Waals surface area contributed by atoms with E-state index in [0.29, 0.717) is 36.5 Å². The van der Waals surface area contributed by atoms with Gasteiger partial charge in [-0.05, 0) is 32.0 Å². The molecule has 120 valence electrons. The maximum absolute atomic E-state index is 11.6. The van der Waals surface area contributed by atoms with Crippen molar-refractivity contribution in [1.82, 2.24) is 10.6 Å². The lowest BCUT2D eigenvalue weighted by atomic mass is 10.2. The summed E-state index contributed by atoms with van der Waals surface area (Å²) in [5.74, 6) is 0.0681. The second-order valence-electron chi connectivity index (χ2n) is 4.28. The van der Waals surface area contributed by atoms with E-state index in [0.717, 1.165) is 0 Å². The molecule has 0 spiro atoms. The molecule has 22 heavy (non-hydrogen) atoms. The lowest BCUT2D eigenvalue weighted by molar-refractivity contribution is -0.127. The van der Waals surface area contributed by atoms with E-state index in [9.17, 15) is 14.4 Å². The van der Waals surface area contributed by atoms with Crippen molar-refractivity contribution in [2.24, 2.45) is 0 Å². The Morgan fingerprint density at radius 2 is 1.86 bits per heavy atom. The van der Waals surface area contributed by atoms with Crippen LogP contribution in [0.25, 0.3) is 0 Å². The van der Waals surface area contributed by atoms with Crippen LogP contribution in [0.1, 0.15) is 24.2 Å². The van der Waals surface area contributed by atoms with Crippen LogP contribution in [0.15, 0.2) is 18.2 Å². The predicted octanol–water partition coefficient (Wildman–Crippen LogP) is 0.529. The Kier molecular flexibility index (Phi) is 7.45. The fourth-order valence-corrected chi connectivity index (χ4v) is 1.62. The average molecular weight is 308 g/mol. The fraction of sp³-hybridized carbons (Fsp3) is 0.400. The number of rotatable bonds is 9. The third-order valence-corrected chi connectivity index (χ3v) is 2.58. The van der Waals surface area contributed by atoms with Gasteiger partial charge < -0.3 is 20.1 Å². The number of aldehydes is 1. The topological polar surface area (TPSA) is 93.7 Å². The van der Waals surface area contributed by atoms with Gasteiger partial charge in [-0.2, -0.15) is 0 Å². The van der Waals surface area contributed by atoms with E-state index in [1.165, 1.54) is 0 Å². The molecule has 0 bridgehead atoms. The molecule has 0 fully saturated rings. The Labute approximate surface area is 129 Å². The minimum Gasteiger partial charge on any atom is -0.490 e. The van der Waals surface area contributed by atoms with E-state index in [-0.39, 0.29) is 19.1 Å². The number of carbonyl (C=O) groups is 3. The van der Waals surface area contributed by atoms with Crippen LogP contribution in [0.4, 0.5) is 0 Å². The normalized spacial score (nSPS) is 9.73. The van der Waals surface area contributed by atoms with Gasteiger partial charge >= 0.3 is 0 Å². The second kappa shape index (κ2) is 9.38. The average Bonchev–Trinajstić information content (AvgIpc) is 2.52. The minimum absolute atomic E-state index is 0.0988. The van der Waals surface area contributed by atoms with Crippen molar-refractivity contribution >= 4 is 18.1 Å². The minimum atomic E-state index is -0.423. The van der Waals surface area contributed by atoms with E-state index in [4.69, 9.17) is 9.47 Å². The van der Waals surface area contributed by atoms with Crippen LogP contribution in [-0.2, 0) is 9.59 Å². The summed E-state index contributed by atoms with van der Waals surface area (Å²) < 4.78 is 10.7. The molecule has 0 heterocycles. The predicted molar refractivity (Wildman–Crippen MR) is 80.2 cm³/mol. The smallest absolute Gasteiger partial charge is 0.258 e. The zero-order chi connectivity index (χ0) is 16.4. The molecule has 0 aliphatic carbocycles. The largest absolute Gasteiger partial charge is 0.490 e. The number of amides is 2. The number of benzene rings is 1. The van der Waals surface area contributed by atoms with Crippen LogP contribution in [0, 0.1) is 0 Å². The lowest BCUT2D eigenvalue weighted by Gasteiger charge is -2.12. The molecule has 0 saturated carbocycles. The highest BCUT2D eigenvalue weighted by Gasteiger charge is 2.10. The van der Waals surface area contributed by atoms with Crippen molar-refractivity contribution in [1.29, 1.82) is 0 Å². The molecule has 0 radical (unpaired) electrons. The van der Waals surface area contributed by atoms with E-state index in [1.54, 1.807) is 32.0 Å². The Bertz CT molecular complexity index is 531. The van der Waals surface area contributed by atoms with Gasteiger partial charge in [-0.3, -0.25) is 14.4 Å². The molecule has 1 rings (SSSR count). The van der Waals surface area contributed by atoms with Gasteiger partial charge in [0.15, 0.2) is 18.1 Å². The van der Waals surface area contributed by atoms with E-state index in [2.05, 4.69) is 10.6 Å². The van der Waals surface area contributed by atoms with Gasteiger partial charge in [-0.1, -0.05) is 0 Å². The summed E-state index contributed by atoms with van der Waals surface area (Å²) in [5, 5.41) is 5.00. The van der Waals surface area contributed by atoms with Crippen molar-refractivity contribution in [3.63, 3.8) is 0 Å². The maximum atomic E-state index is 11.6. The van der Waals surface area contributed by atoms with Crippen molar-refractivity contribution < 1.29 is 23.9 Å². The van der Waals surface area contributed by atoms with Crippen molar-refractivity contribution in [3.05, 3.63) is 23.8 Å². The highest BCUT2D eigenvalue weighted by atomic mass is 16.5. The highest BCUT2D eigenvalue weighted by Crippen LogP contribution is 2.27. The number of likely N-dealkylation sites (N-methyl/N-ethyl adjacent to an activating group) is 1. The van der Waals surface area contributed by atoms with Crippen LogP contribution in [0.3, 0.4) is 0 Å². The van der Waals surface area contributed by atoms with Gasteiger partial charge in [0.05, 0.1) is 13.2 Å². The first-order valence-corrected chi connectivity index (χ1v) is 6.98. The summed E-state index contributed by atoms with van der Waals surface area (Å²) in [5.41, 5.74) is 0.455. The van der Waals surface area contributed by atoms with Crippen LogP contribution in [0.5, 0.6) is 11.5 Å². The molecule has 0 unspecified atom stereocenters. The molecule has 0 aliphatic heterocycles.